The van der Waals surface area contributed by atoms with Gasteiger partial charge in [0, 0.05) is 4.47 Å². The molecule has 0 N–H and O–H groups in total. The first kappa shape index (κ1) is 17.2. The molecule has 2 aromatic carbocycles. The first-order valence-electron chi connectivity index (χ1n) is 7.61. The van der Waals surface area contributed by atoms with E-state index in [0.29, 0.717) is 16.7 Å². The molecule has 0 saturated carbocycles. The van der Waals surface area contributed by atoms with Gasteiger partial charge >= 0.3 is 5.97 Å². The smallest absolute Gasteiger partial charge is 0.326 e. The molecular formula is C18H15BrN2O4. The topological polar surface area (TPSA) is 70.4 Å². The third kappa shape index (κ3) is 4.45. The van der Waals surface area contributed by atoms with E-state index in [1.54, 1.807) is 24.3 Å². The monoisotopic (exact) mass is 402 g/mol. The van der Waals surface area contributed by atoms with Crippen molar-refractivity contribution in [2.75, 3.05) is 13.2 Å². The van der Waals surface area contributed by atoms with Crippen molar-refractivity contribution in [1.82, 2.24) is 9.55 Å². The molecule has 0 aliphatic carbocycles. The number of aromatic nitrogens is 2. The predicted octanol–water partition coefficient (Wildman–Crippen LogP) is 2.78. The largest absolute Gasteiger partial charge is 0.490 e. The molecule has 6 nitrogen and oxygen atoms in total. The van der Waals surface area contributed by atoms with E-state index < -0.39 is 5.97 Å². The quantitative estimate of drug-likeness (QED) is 0.468. The van der Waals surface area contributed by atoms with Crippen LogP contribution in [-0.4, -0.2) is 28.7 Å². The van der Waals surface area contributed by atoms with Gasteiger partial charge < -0.3 is 9.47 Å². The highest BCUT2D eigenvalue weighted by Gasteiger charge is 2.09. The summed E-state index contributed by atoms with van der Waals surface area (Å²) < 4.78 is 12.8. The van der Waals surface area contributed by atoms with Gasteiger partial charge in [0.05, 0.1) is 17.2 Å². The maximum absolute atomic E-state index is 12.3. The number of benzene rings is 2. The van der Waals surface area contributed by atoms with Gasteiger partial charge in [0.2, 0.25) is 0 Å². The Morgan fingerprint density at radius 3 is 2.64 bits per heavy atom. The lowest BCUT2D eigenvalue weighted by atomic mass is 10.2. The summed E-state index contributed by atoms with van der Waals surface area (Å²) in [7, 11) is 0. The second-order valence-electron chi connectivity index (χ2n) is 5.22. The molecule has 1 aromatic heterocycles. The standard InChI is InChI=1S/C18H15BrN2O4/c19-13-5-7-14(8-6-13)24-9-10-25-17(22)11-21-12-20-16-4-2-1-3-15(16)18(21)23/h1-8,12H,9-11H2. The molecule has 0 saturated heterocycles. The van der Waals surface area contributed by atoms with Gasteiger partial charge in [-0.2, -0.15) is 0 Å². The Balaban J connectivity index is 1.52. The summed E-state index contributed by atoms with van der Waals surface area (Å²) >= 11 is 3.34. The Morgan fingerprint density at radius 2 is 1.84 bits per heavy atom. The summed E-state index contributed by atoms with van der Waals surface area (Å²) in [6, 6.07) is 14.3. The molecule has 0 aliphatic rings. The van der Waals surface area contributed by atoms with Gasteiger partial charge in [-0.05, 0) is 36.4 Å². The van der Waals surface area contributed by atoms with Crippen molar-refractivity contribution in [3.8, 4) is 5.75 Å². The zero-order chi connectivity index (χ0) is 17.6. The van der Waals surface area contributed by atoms with Crippen LogP contribution < -0.4 is 10.3 Å². The Labute approximate surface area is 152 Å². The average Bonchev–Trinajstić information content (AvgIpc) is 2.63. The molecule has 0 unspecified atom stereocenters. The molecule has 0 amide bonds. The molecule has 0 aliphatic heterocycles. The van der Waals surface area contributed by atoms with Gasteiger partial charge in [-0.25, -0.2) is 4.98 Å². The number of rotatable bonds is 6. The van der Waals surface area contributed by atoms with Crippen LogP contribution in [0, 0.1) is 0 Å². The molecule has 7 heteroatoms. The summed E-state index contributed by atoms with van der Waals surface area (Å²) in [4.78, 5) is 28.3. The van der Waals surface area contributed by atoms with Crippen LogP contribution in [0.1, 0.15) is 0 Å². The van der Waals surface area contributed by atoms with Gasteiger partial charge in [-0.3, -0.25) is 14.2 Å². The summed E-state index contributed by atoms with van der Waals surface area (Å²) in [6.07, 6.45) is 1.35. The second kappa shape index (κ2) is 7.94. The van der Waals surface area contributed by atoms with Crippen LogP contribution in [0.15, 0.2) is 64.1 Å². The minimum atomic E-state index is -0.515. The van der Waals surface area contributed by atoms with Gasteiger partial charge in [-0.1, -0.05) is 28.1 Å². The SMILES string of the molecule is O=C(Cn1cnc2ccccc2c1=O)OCCOc1ccc(Br)cc1. The maximum atomic E-state index is 12.3. The molecule has 0 atom stereocenters. The summed E-state index contributed by atoms with van der Waals surface area (Å²) in [5, 5.41) is 0.469. The first-order valence-corrected chi connectivity index (χ1v) is 8.41. The van der Waals surface area contributed by atoms with Crippen LogP contribution in [0.2, 0.25) is 0 Å². The predicted molar refractivity (Wildman–Crippen MR) is 96.6 cm³/mol. The van der Waals surface area contributed by atoms with Crippen molar-refractivity contribution < 1.29 is 14.3 Å². The number of halogens is 1. The summed E-state index contributed by atoms with van der Waals surface area (Å²) in [5.41, 5.74) is 0.327. The Morgan fingerprint density at radius 1 is 1.08 bits per heavy atom. The van der Waals surface area contributed by atoms with Crippen LogP contribution in [0.5, 0.6) is 5.75 Å². The minimum Gasteiger partial charge on any atom is -0.490 e. The van der Waals surface area contributed by atoms with E-state index in [4.69, 9.17) is 9.47 Å². The van der Waals surface area contributed by atoms with Crippen LogP contribution in [0.25, 0.3) is 10.9 Å². The molecule has 3 rings (SSSR count). The molecular weight excluding hydrogens is 388 g/mol. The number of fused-ring (bicyclic) bond motifs is 1. The van der Waals surface area contributed by atoms with Crippen molar-refractivity contribution >= 4 is 32.8 Å². The van der Waals surface area contributed by atoms with Crippen molar-refractivity contribution in [3.63, 3.8) is 0 Å². The minimum absolute atomic E-state index is 0.102. The number of ether oxygens (including phenoxy) is 2. The molecule has 128 valence electrons. The number of carbonyl (C=O) groups is 1. The van der Waals surface area contributed by atoms with Gasteiger partial charge in [0.1, 0.15) is 25.5 Å². The Hall–Kier alpha value is -2.67. The first-order chi connectivity index (χ1) is 12.1. The fourth-order valence-corrected chi connectivity index (χ4v) is 2.51. The van der Waals surface area contributed by atoms with E-state index in [1.165, 1.54) is 10.9 Å². The lowest BCUT2D eigenvalue weighted by molar-refractivity contribution is -0.145. The number of carbonyl (C=O) groups excluding carboxylic acids is 1. The summed E-state index contributed by atoms with van der Waals surface area (Å²) in [5.74, 6) is 0.174. The number of para-hydroxylation sites is 1. The van der Waals surface area contributed by atoms with E-state index in [2.05, 4.69) is 20.9 Å². The van der Waals surface area contributed by atoms with Gasteiger partial charge in [0.15, 0.2) is 0 Å². The lowest BCUT2D eigenvalue weighted by Crippen LogP contribution is -2.26. The third-order valence-electron chi connectivity index (χ3n) is 3.46. The fourth-order valence-electron chi connectivity index (χ4n) is 2.25. The molecule has 3 aromatic rings. The number of esters is 1. The highest BCUT2D eigenvalue weighted by molar-refractivity contribution is 9.10. The van der Waals surface area contributed by atoms with Crippen LogP contribution in [-0.2, 0) is 16.1 Å². The van der Waals surface area contributed by atoms with E-state index in [9.17, 15) is 9.59 Å². The zero-order valence-electron chi connectivity index (χ0n) is 13.2. The third-order valence-corrected chi connectivity index (χ3v) is 3.99. The van der Waals surface area contributed by atoms with E-state index in [1.807, 2.05) is 24.3 Å². The van der Waals surface area contributed by atoms with Crippen molar-refractivity contribution in [3.05, 3.63) is 69.7 Å². The van der Waals surface area contributed by atoms with Gasteiger partial charge in [0.25, 0.3) is 5.56 Å². The number of hydrogen-bond donors (Lipinski definition) is 0. The van der Waals surface area contributed by atoms with E-state index in [0.717, 1.165) is 4.47 Å². The average molecular weight is 403 g/mol. The van der Waals surface area contributed by atoms with Crippen molar-refractivity contribution in [2.45, 2.75) is 6.54 Å². The highest BCUT2D eigenvalue weighted by atomic mass is 79.9. The molecule has 1 heterocycles. The van der Waals surface area contributed by atoms with E-state index >= 15 is 0 Å². The Kier molecular flexibility index (Phi) is 5.45. The number of nitrogens with zero attached hydrogens (tertiary/aromatic N) is 2. The van der Waals surface area contributed by atoms with Gasteiger partial charge in [-0.15, -0.1) is 0 Å². The summed E-state index contributed by atoms with van der Waals surface area (Å²) in [6.45, 7) is 0.151. The van der Waals surface area contributed by atoms with Crippen LogP contribution in [0.3, 0.4) is 0 Å². The molecule has 0 spiro atoms. The second-order valence-corrected chi connectivity index (χ2v) is 6.13. The fraction of sp³-hybridized carbons (Fsp3) is 0.167. The zero-order valence-corrected chi connectivity index (χ0v) is 14.8. The molecule has 25 heavy (non-hydrogen) atoms. The van der Waals surface area contributed by atoms with Crippen molar-refractivity contribution in [2.24, 2.45) is 0 Å². The highest BCUT2D eigenvalue weighted by Crippen LogP contribution is 2.15. The maximum Gasteiger partial charge on any atom is 0.326 e. The molecule has 0 fully saturated rings. The normalized spacial score (nSPS) is 10.6. The molecule has 0 radical (unpaired) electrons. The van der Waals surface area contributed by atoms with Crippen molar-refractivity contribution in [1.29, 1.82) is 0 Å². The number of hydrogen-bond acceptors (Lipinski definition) is 5. The van der Waals surface area contributed by atoms with E-state index in [-0.39, 0.29) is 25.3 Å². The van der Waals surface area contributed by atoms with Crippen LogP contribution in [0.4, 0.5) is 0 Å². The molecule has 0 bridgehead atoms. The van der Waals surface area contributed by atoms with Crippen LogP contribution >= 0.6 is 15.9 Å². The lowest BCUT2D eigenvalue weighted by Gasteiger charge is -2.09. The Bertz CT molecular complexity index is 938.